The second-order valence-corrected chi connectivity index (χ2v) is 6.22. The number of rotatable bonds is 4. The molecule has 1 atom stereocenters. The summed E-state index contributed by atoms with van der Waals surface area (Å²) in [5, 5.41) is 0. The van der Waals surface area contributed by atoms with Crippen LogP contribution < -0.4 is 0 Å². The van der Waals surface area contributed by atoms with E-state index in [1.165, 1.54) is 27.9 Å². The highest BCUT2D eigenvalue weighted by Gasteiger charge is 2.43. The Morgan fingerprint density at radius 3 is 2.42 bits per heavy atom. The van der Waals surface area contributed by atoms with Crippen molar-refractivity contribution in [2.75, 3.05) is 7.11 Å². The summed E-state index contributed by atoms with van der Waals surface area (Å²) in [6, 6.07) is 0. The zero-order chi connectivity index (χ0) is 19.2. The van der Waals surface area contributed by atoms with E-state index in [2.05, 4.69) is 0 Å². The first-order valence-corrected chi connectivity index (χ1v) is 8.18. The number of nitrogens with zero attached hydrogens (tertiary/aromatic N) is 1. The number of carbonyl (C=O) groups excluding carboxylic acids is 4. The molecule has 0 radical (unpaired) electrons. The van der Waals surface area contributed by atoms with Crippen LogP contribution in [-0.4, -0.2) is 35.2 Å². The van der Waals surface area contributed by atoms with E-state index in [0.717, 1.165) is 0 Å². The molecule has 8 heteroatoms. The maximum atomic E-state index is 12.9. The van der Waals surface area contributed by atoms with Gasteiger partial charge in [0, 0.05) is 37.9 Å². The lowest BCUT2D eigenvalue weighted by molar-refractivity contribution is -0.147. The van der Waals surface area contributed by atoms with Gasteiger partial charge >= 0.3 is 11.9 Å². The zero-order valence-corrected chi connectivity index (χ0v) is 15.0. The standard InChI is InChI=1S/C18H19NO7/c1-8-16(22)15-13(17(23)18(8)24-4)11(7-25-9(2)20)14-12(26-10(3)21)5-6-19(14)15/h12H,5-7H2,1-4H3. The van der Waals surface area contributed by atoms with Crippen LogP contribution in [0.2, 0.25) is 0 Å². The van der Waals surface area contributed by atoms with Gasteiger partial charge in [0.25, 0.3) is 0 Å². The van der Waals surface area contributed by atoms with Crippen LogP contribution >= 0.6 is 0 Å². The predicted molar refractivity (Wildman–Crippen MR) is 87.4 cm³/mol. The first-order chi connectivity index (χ1) is 12.3. The summed E-state index contributed by atoms with van der Waals surface area (Å²) in [5.74, 6) is -1.78. The highest BCUT2D eigenvalue weighted by atomic mass is 16.5. The van der Waals surface area contributed by atoms with Crippen LogP contribution in [0.15, 0.2) is 11.3 Å². The van der Waals surface area contributed by atoms with E-state index in [1.54, 1.807) is 4.57 Å². The van der Waals surface area contributed by atoms with E-state index in [1.807, 2.05) is 0 Å². The average molecular weight is 361 g/mol. The second kappa shape index (κ2) is 6.44. The Balaban J connectivity index is 2.21. The Labute approximate surface area is 149 Å². The van der Waals surface area contributed by atoms with Crippen LogP contribution in [0.3, 0.4) is 0 Å². The molecule has 0 N–H and O–H groups in total. The summed E-state index contributed by atoms with van der Waals surface area (Å²) >= 11 is 0. The number of carbonyl (C=O) groups is 4. The van der Waals surface area contributed by atoms with Gasteiger partial charge in [0.2, 0.25) is 11.6 Å². The molecule has 0 spiro atoms. The van der Waals surface area contributed by atoms with Crippen LogP contribution in [0.4, 0.5) is 0 Å². The molecule has 1 aromatic rings. The summed E-state index contributed by atoms with van der Waals surface area (Å²) in [4.78, 5) is 48.5. The van der Waals surface area contributed by atoms with Crippen molar-refractivity contribution in [3.8, 4) is 0 Å². The fourth-order valence-corrected chi connectivity index (χ4v) is 3.60. The summed E-state index contributed by atoms with van der Waals surface area (Å²) < 4.78 is 17.3. The molecule has 0 fully saturated rings. The lowest BCUT2D eigenvalue weighted by Crippen LogP contribution is -2.24. The molecule has 1 unspecified atom stereocenters. The van der Waals surface area contributed by atoms with E-state index in [-0.39, 0.29) is 35.0 Å². The second-order valence-electron chi connectivity index (χ2n) is 6.22. The van der Waals surface area contributed by atoms with Crippen molar-refractivity contribution >= 4 is 23.5 Å². The SMILES string of the molecule is COC1=C(C)C(=O)c2c(c(COC(C)=O)c3n2CCC3OC(C)=O)C1=O. The molecule has 1 aromatic heterocycles. The minimum Gasteiger partial charge on any atom is -0.492 e. The normalized spacial score (nSPS) is 18.5. The van der Waals surface area contributed by atoms with Crippen LogP contribution in [0.25, 0.3) is 0 Å². The Hall–Kier alpha value is -2.90. The fourth-order valence-electron chi connectivity index (χ4n) is 3.60. The molecule has 8 nitrogen and oxygen atoms in total. The summed E-state index contributed by atoms with van der Waals surface area (Å²) in [6.07, 6.45) is -0.119. The quantitative estimate of drug-likeness (QED) is 0.754. The van der Waals surface area contributed by atoms with Crippen molar-refractivity contribution in [3.63, 3.8) is 0 Å². The van der Waals surface area contributed by atoms with E-state index < -0.39 is 23.8 Å². The Kier molecular flexibility index (Phi) is 4.43. The number of ether oxygens (including phenoxy) is 3. The molecule has 0 saturated carbocycles. The first kappa shape index (κ1) is 17.9. The highest BCUT2D eigenvalue weighted by Crippen LogP contribution is 2.42. The average Bonchev–Trinajstić information content (AvgIpc) is 3.09. The van der Waals surface area contributed by atoms with Crippen molar-refractivity contribution in [3.05, 3.63) is 33.8 Å². The molecule has 138 valence electrons. The van der Waals surface area contributed by atoms with Gasteiger partial charge in [-0.2, -0.15) is 0 Å². The van der Waals surface area contributed by atoms with Gasteiger partial charge in [0.05, 0.1) is 18.4 Å². The van der Waals surface area contributed by atoms with E-state index in [9.17, 15) is 19.2 Å². The lowest BCUT2D eigenvalue weighted by Gasteiger charge is -2.18. The minimum absolute atomic E-state index is 0.0279. The molecule has 0 aromatic carbocycles. The number of Topliss-reactive ketones (excluding diaryl/α,β-unsaturated/α-hetero) is 2. The molecule has 2 heterocycles. The molecule has 2 aliphatic rings. The van der Waals surface area contributed by atoms with E-state index in [4.69, 9.17) is 14.2 Å². The van der Waals surface area contributed by atoms with Gasteiger partial charge in [-0.3, -0.25) is 19.2 Å². The summed E-state index contributed by atoms with van der Waals surface area (Å²) in [6.45, 7) is 4.32. The molecule has 0 saturated heterocycles. The van der Waals surface area contributed by atoms with Crippen LogP contribution in [0.5, 0.6) is 0 Å². The van der Waals surface area contributed by atoms with Crippen molar-refractivity contribution in [1.82, 2.24) is 4.57 Å². The van der Waals surface area contributed by atoms with Crippen LogP contribution in [0, 0.1) is 0 Å². The van der Waals surface area contributed by atoms with Gasteiger partial charge in [-0.05, 0) is 6.92 Å². The number of hydrogen-bond acceptors (Lipinski definition) is 7. The van der Waals surface area contributed by atoms with E-state index >= 15 is 0 Å². The molecule has 26 heavy (non-hydrogen) atoms. The maximum absolute atomic E-state index is 12.9. The topological polar surface area (TPSA) is 101 Å². The molecule has 0 bridgehead atoms. The lowest BCUT2D eigenvalue weighted by atomic mass is 9.90. The number of hydrogen-bond donors (Lipinski definition) is 0. The van der Waals surface area contributed by atoms with Gasteiger partial charge in [-0.1, -0.05) is 0 Å². The third-order valence-electron chi connectivity index (χ3n) is 4.59. The molecule has 3 rings (SSSR count). The van der Waals surface area contributed by atoms with E-state index in [0.29, 0.717) is 24.2 Å². The van der Waals surface area contributed by atoms with Gasteiger partial charge < -0.3 is 18.8 Å². The number of ketones is 2. The van der Waals surface area contributed by atoms with Crippen molar-refractivity contribution in [1.29, 1.82) is 0 Å². The third kappa shape index (κ3) is 2.61. The fraction of sp³-hybridized carbons (Fsp3) is 0.444. The molecular weight excluding hydrogens is 342 g/mol. The first-order valence-electron chi connectivity index (χ1n) is 8.18. The van der Waals surface area contributed by atoms with Crippen molar-refractivity contribution in [2.45, 2.75) is 46.4 Å². The minimum atomic E-state index is -0.601. The monoisotopic (exact) mass is 361 g/mol. The largest absolute Gasteiger partial charge is 0.492 e. The number of fused-ring (bicyclic) bond motifs is 3. The Morgan fingerprint density at radius 1 is 1.15 bits per heavy atom. The number of esters is 2. The number of aromatic nitrogens is 1. The highest BCUT2D eigenvalue weighted by molar-refractivity contribution is 6.26. The maximum Gasteiger partial charge on any atom is 0.303 e. The van der Waals surface area contributed by atoms with Gasteiger partial charge in [0.15, 0.2) is 5.76 Å². The molecule has 1 aliphatic heterocycles. The van der Waals surface area contributed by atoms with Gasteiger partial charge in [-0.15, -0.1) is 0 Å². The van der Waals surface area contributed by atoms with Crippen molar-refractivity contribution < 1.29 is 33.4 Å². The number of methoxy groups -OCH3 is 1. The predicted octanol–water partition coefficient (Wildman–Crippen LogP) is 1.86. The van der Waals surface area contributed by atoms with Crippen molar-refractivity contribution in [2.24, 2.45) is 0 Å². The summed E-state index contributed by atoms with van der Waals surface area (Å²) in [5.41, 5.74) is 1.53. The molecule has 0 amide bonds. The van der Waals surface area contributed by atoms with Gasteiger partial charge in [0.1, 0.15) is 18.4 Å². The van der Waals surface area contributed by atoms with Crippen LogP contribution in [0.1, 0.15) is 65.4 Å². The Bertz CT molecular complexity index is 875. The summed E-state index contributed by atoms with van der Waals surface area (Å²) in [7, 11) is 1.33. The smallest absolute Gasteiger partial charge is 0.303 e. The zero-order valence-electron chi connectivity index (χ0n) is 15.0. The van der Waals surface area contributed by atoms with Crippen LogP contribution in [-0.2, 0) is 37.0 Å². The van der Waals surface area contributed by atoms with Gasteiger partial charge in [-0.25, -0.2) is 0 Å². The Morgan fingerprint density at radius 2 is 1.85 bits per heavy atom. The number of allylic oxidation sites excluding steroid dienone is 2. The molecule has 1 aliphatic carbocycles. The third-order valence-corrected chi connectivity index (χ3v) is 4.59. The molecular formula is C18H19NO7.